The number of rotatable bonds is 7. The maximum Gasteiger partial charge on any atom is 0.296 e. The van der Waals surface area contributed by atoms with Crippen molar-refractivity contribution in [3.8, 4) is 0 Å². The summed E-state index contributed by atoms with van der Waals surface area (Å²) in [6, 6.07) is 0.251. The van der Waals surface area contributed by atoms with Crippen LogP contribution in [0.2, 0.25) is 0 Å². The molecule has 3 atom stereocenters. The molecule has 0 bridgehead atoms. The minimum absolute atomic E-state index is 0.0151. The van der Waals surface area contributed by atoms with Gasteiger partial charge in [0.25, 0.3) is 20.2 Å². The van der Waals surface area contributed by atoms with Crippen LogP contribution in [-0.4, -0.2) is 79.9 Å². The van der Waals surface area contributed by atoms with Crippen molar-refractivity contribution in [2.75, 3.05) is 7.05 Å². The predicted molar refractivity (Wildman–Crippen MR) is 150 cm³/mol. The fraction of sp³-hybridized carbons (Fsp3) is 0.769. The largest absolute Gasteiger partial charge is 0.311 e. The molecule has 3 fully saturated rings. The van der Waals surface area contributed by atoms with E-state index in [4.69, 9.17) is 0 Å². The van der Waals surface area contributed by atoms with E-state index in [0.717, 1.165) is 63.7 Å². The summed E-state index contributed by atoms with van der Waals surface area (Å²) in [5.74, 6) is 0.718. The van der Waals surface area contributed by atoms with E-state index < -0.39 is 25.5 Å². The predicted octanol–water partition coefficient (Wildman–Crippen LogP) is 3.09. The Morgan fingerprint density at radius 1 is 0.816 bits per heavy atom. The van der Waals surface area contributed by atoms with Crippen molar-refractivity contribution in [3.05, 3.63) is 23.1 Å². The number of nitrogens with one attached hydrogen (secondary N) is 2. The van der Waals surface area contributed by atoms with Crippen LogP contribution >= 0.6 is 0 Å². The number of nitrogens with zero attached hydrogens (tertiary/aromatic N) is 2. The molecule has 0 aromatic heterocycles. The second-order valence-corrected chi connectivity index (χ2v) is 14.5. The highest BCUT2D eigenvalue weighted by atomic mass is 32.2. The van der Waals surface area contributed by atoms with Crippen molar-refractivity contribution in [3.63, 3.8) is 0 Å². The third-order valence-corrected chi connectivity index (χ3v) is 10.8. The highest BCUT2D eigenvalue weighted by Crippen LogP contribution is 2.31. The molecule has 0 heterocycles. The van der Waals surface area contributed by atoms with Gasteiger partial charge in [-0.3, -0.25) is 19.1 Å². The van der Waals surface area contributed by atoms with E-state index in [9.17, 15) is 25.9 Å². The molecule has 3 saturated carbocycles. The van der Waals surface area contributed by atoms with Gasteiger partial charge in [0.15, 0.2) is 0 Å². The standard InChI is InChI=1S/C26H42N4O6S2/c1-17-3-5-19(6-4-17)29-24-14-12-22(16-26(24)38(34,35)36)28-18-7-9-20(10-8-18)30-23-13-11-21(27-2)15-25(23)37(31,32)33/h11,13,15,17-20,22,24,26,28-29H,3-10,12,14,16H2,1-2H3,(H,31,32,33)(H,34,35,36). The lowest BCUT2D eigenvalue weighted by Gasteiger charge is -2.40. The Hall–Kier alpha value is -1.44. The highest BCUT2D eigenvalue weighted by molar-refractivity contribution is 7.91. The van der Waals surface area contributed by atoms with E-state index in [1.165, 1.54) is 6.08 Å². The van der Waals surface area contributed by atoms with Crippen molar-refractivity contribution in [1.29, 1.82) is 0 Å². The summed E-state index contributed by atoms with van der Waals surface area (Å²) in [6.07, 6.45) is 14.1. The van der Waals surface area contributed by atoms with Crippen LogP contribution in [0.25, 0.3) is 0 Å². The van der Waals surface area contributed by atoms with Crippen molar-refractivity contribution in [2.24, 2.45) is 15.9 Å². The second-order valence-electron chi connectivity index (χ2n) is 11.4. The first-order valence-corrected chi connectivity index (χ1v) is 16.8. The molecule has 0 spiro atoms. The van der Waals surface area contributed by atoms with Crippen LogP contribution in [-0.2, 0) is 20.2 Å². The van der Waals surface area contributed by atoms with Crippen molar-refractivity contribution < 1.29 is 25.9 Å². The highest BCUT2D eigenvalue weighted by Gasteiger charge is 2.40. The molecule has 0 aromatic carbocycles. The molecule has 0 saturated heterocycles. The Balaban J connectivity index is 1.31. The summed E-state index contributed by atoms with van der Waals surface area (Å²) < 4.78 is 68.0. The Kier molecular flexibility index (Phi) is 9.63. The van der Waals surface area contributed by atoms with Gasteiger partial charge in [-0.25, -0.2) is 0 Å². The topological polar surface area (TPSA) is 158 Å². The quantitative estimate of drug-likeness (QED) is 0.269. The molecule has 4 N–H and O–H groups in total. The van der Waals surface area contributed by atoms with Gasteiger partial charge in [-0.15, -0.1) is 0 Å². The third-order valence-electron chi connectivity index (χ3n) is 8.61. The van der Waals surface area contributed by atoms with E-state index in [1.54, 1.807) is 19.2 Å². The summed E-state index contributed by atoms with van der Waals surface area (Å²) in [5, 5.41) is 6.39. The van der Waals surface area contributed by atoms with Gasteiger partial charge in [0.05, 0.1) is 17.5 Å². The molecule has 4 aliphatic carbocycles. The summed E-state index contributed by atoms with van der Waals surface area (Å²) in [4.78, 5) is 8.37. The van der Waals surface area contributed by atoms with Crippen LogP contribution in [0.5, 0.6) is 0 Å². The van der Waals surface area contributed by atoms with Gasteiger partial charge in [0.2, 0.25) is 0 Å². The van der Waals surface area contributed by atoms with Crippen LogP contribution in [0, 0.1) is 5.92 Å². The van der Waals surface area contributed by atoms with Crippen LogP contribution in [0.4, 0.5) is 0 Å². The summed E-state index contributed by atoms with van der Waals surface area (Å²) in [5.41, 5.74) is 0.691. The molecule has 38 heavy (non-hydrogen) atoms. The number of hydrogen-bond donors (Lipinski definition) is 4. The third kappa shape index (κ3) is 7.82. The van der Waals surface area contributed by atoms with Crippen LogP contribution in [0.1, 0.15) is 77.6 Å². The minimum atomic E-state index is -4.42. The minimum Gasteiger partial charge on any atom is -0.311 e. The van der Waals surface area contributed by atoms with E-state index in [2.05, 4.69) is 27.5 Å². The van der Waals surface area contributed by atoms with Crippen LogP contribution in [0.15, 0.2) is 33.1 Å². The average molecular weight is 571 g/mol. The smallest absolute Gasteiger partial charge is 0.296 e. The molecule has 0 aliphatic heterocycles. The lowest BCUT2D eigenvalue weighted by Crippen LogP contribution is -2.56. The molecule has 214 valence electrons. The van der Waals surface area contributed by atoms with E-state index in [0.29, 0.717) is 24.6 Å². The Bertz CT molecular complexity index is 1180. The molecule has 12 heteroatoms. The zero-order valence-corrected chi connectivity index (χ0v) is 23.9. The Morgan fingerprint density at radius 3 is 2.03 bits per heavy atom. The van der Waals surface area contributed by atoms with E-state index >= 15 is 0 Å². The lowest BCUT2D eigenvalue weighted by atomic mass is 9.84. The zero-order valence-electron chi connectivity index (χ0n) is 22.3. The first kappa shape index (κ1) is 29.5. The fourth-order valence-corrected chi connectivity index (χ4v) is 8.15. The van der Waals surface area contributed by atoms with Gasteiger partial charge in [0.1, 0.15) is 10.2 Å². The SMILES string of the molecule is CN=C1C=CC(=NC2CCC(NC3CCC(NC4CCC(C)CC4)C(S(=O)(=O)O)C3)CC2)C(S(=O)(=O)O)=C1. The average Bonchev–Trinajstić information content (AvgIpc) is 2.86. The molecule has 4 aliphatic rings. The molecule has 10 nitrogen and oxygen atoms in total. The van der Waals surface area contributed by atoms with Gasteiger partial charge in [-0.05, 0) is 94.8 Å². The first-order valence-electron chi connectivity index (χ1n) is 13.8. The summed E-state index contributed by atoms with van der Waals surface area (Å²) >= 11 is 0. The molecule has 0 amide bonds. The van der Waals surface area contributed by atoms with Crippen LogP contribution in [0.3, 0.4) is 0 Å². The van der Waals surface area contributed by atoms with Gasteiger partial charge < -0.3 is 10.6 Å². The van der Waals surface area contributed by atoms with Crippen LogP contribution < -0.4 is 10.6 Å². The zero-order chi connectivity index (χ0) is 27.5. The molecule has 0 radical (unpaired) electrons. The summed E-state index contributed by atoms with van der Waals surface area (Å²) in [6.45, 7) is 2.26. The Morgan fingerprint density at radius 2 is 1.42 bits per heavy atom. The van der Waals surface area contributed by atoms with E-state index in [1.807, 2.05) is 0 Å². The maximum atomic E-state index is 12.3. The van der Waals surface area contributed by atoms with Gasteiger partial charge in [-0.1, -0.05) is 6.92 Å². The molecule has 0 aromatic rings. The monoisotopic (exact) mass is 570 g/mol. The number of hydrogen-bond acceptors (Lipinski definition) is 8. The van der Waals surface area contributed by atoms with Gasteiger partial charge in [-0.2, -0.15) is 16.8 Å². The van der Waals surface area contributed by atoms with Gasteiger partial charge in [0, 0.05) is 31.2 Å². The number of aliphatic imine (C=N–C) groups is 2. The molecule has 3 unspecified atom stereocenters. The Labute approximate surface area is 227 Å². The summed E-state index contributed by atoms with van der Waals surface area (Å²) in [7, 11) is -7.04. The van der Waals surface area contributed by atoms with Crippen molar-refractivity contribution >= 4 is 31.7 Å². The van der Waals surface area contributed by atoms with Gasteiger partial charge >= 0.3 is 0 Å². The normalized spacial score (nSPS) is 37.4. The molecular formula is C26H42N4O6S2. The lowest BCUT2D eigenvalue weighted by molar-refractivity contribution is 0.223. The van der Waals surface area contributed by atoms with Crippen molar-refractivity contribution in [1.82, 2.24) is 10.6 Å². The van der Waals surface area contributed by atoms with Crippen molar-refractivity contribution in [2.45, 2.75) is 113 Å². The maximum absolute atomic E-state index is 12.3. The fourth-order valence-electron chi connectivity index (χ4n) is 6.39. The molecule has 4 rings (SSSR count). The number of allylic oxidation sites excluding steroid dienone is 4. The van der Waals surface area contributed by atoms with E-state index in [-0.39, 0.29) is 34.8 Å². The molecular weight excluding hydrogens is 528 g/mol. The second kappa shape index (κ2) is 12.4. The first-order chi connectivity index (χ1) is 17.9.